The maximum absolute atomic E-state index is 14.3. The number of aryl methyl sites for hydroxylation is 1. The molecule has 2 aromatic rings. The van der Waals surface area contributed by atoms with E-state index in [2.05, 4.69) is 13.8 Å². The molecule has 0 saturated carbocycles. The largest absolute Gasteiger partial charge is 0.511 e. The van der Waals surface area contributed by atoms with Crippen molar-refractivity contribution in [1.82, 2.24) is 0 Å². The van der Waals surface area contributed by atoms with E-state index in [9.17, 15) is 39.6 Å². The number of rotatable bonds is 9. The van der Waals surface area contributed by atoms with Gasteiger partial charge in [0, 0.05) is 35.2 Å². The van der Waals surface area contributed by atoms with E-state index in [4.69, 9.17) is 0 Å². The smallest absolute Gasteiger partial charge is 0.209 e. The average molecular weight is 643 g/mol. The topological polar surface area (TPSA) is 149 Å². The lowest BCUT2D eigenvalue weighted by Gasteiger charge is -2.59. The maximum atomic E-state index is 14.3. The summed E-state index contributed by atoms with van der Waals surface area (Å²) in [7, 11) is 0. The Morgan fingerprint density at radius 2 is 1.57 bits per heavy atom. The number of allylic oxidation sites excluding steroid dienone is 2. The number of carbonyl (C=O) groups excluding carboxylic acids is 4. The fraction of sp³-hybridized carbons (Fsp3) is 0.487. The van der Waals surface area contributed by atoms with Crippen molar-refractivity contribution in [3.05, 3.63) is 75.8 Å². The zero-order valence-corrected chi connectivity index (χ0v) is 28.4. The fourth-order valence-electron chi connectivity index (χ4n) is 8.71. The second-order valence-electron chi connectivity index (χ2n) is 15.1. The number of aliphatic hydroxyl groups is 3. The van der Waals surface area contributed by atoms with Crippen LogP contribution in [0.25, 0.3) is 11.1 Å². The molecule has 0 fully saturated rings. The van der Waals surface area contributed by atoms with Gasteiger partial charge in [0.15, 0.2) is 17.2 Å². The van der Waals surface area contributed by atoms with Crippen LogP contribution in [0.5, 0.6) is 5.75 Å². The van der Waals surface area contributed by atoms with Crippen molar-refractivity contribution in [2.75, 3.05) is 0 Å². The van der Waals surface area contributed by atoms with Crippen LogP contribution >= 0.6 is 0 Å². The second kappa shape index (κ2) is 11.9. The number of ketones is 4. The van der Waals surface area contributed by atoms with Gasteiger partial charge in [-0.3, -0.25) is 19.2 Å². The van der Waals surface area contributed by atoms with Gasteiger partial charge in [-0.1, -0.05) is 71.9 Å². The van der Waals surface area contributed by atoms with E-state index in [1.54, 1.807) is 33.8 Å². The first kappa shape index (κ1) is 34.3. The van der Waals surface area contributed by atoms with Crippen molar-refractivity contribution in [1.29, 1.82) is 0 Å². The molecule has 8 heteroatoms. The Labute approximate surface area is 276 Å². The van der Waals surface area contributed by atoms with Crippen LogP contribution in [-0.4, -0.2) is 49.2 Å². The van der Waals surface area contributed by atoms with Crippen LogP contribution < -0.4 is 0 Å². The molecule has 0 bridgehead atoms. The van der Waals surface area contributed by atoms with Crippen molar-refractivity contribution >= 4 is 23.1 Å². The molecule has 47 heavy (non-hydrogen) atoms. The number of aliphatic hydroxyl groups excluding tert-OH is 2. The van der Waals surface area contributed by atoms with Gasteiger partial charge in [-0.15, -0.1) is 0 Å². The van der Waals surface area contributed by atoms with Crippen LogP contribution in [0.4, 0.5) is 0 Å². The average Bonchev–Trinajstić information content (AvgIpc) is 2.97. The monoisotopic (exact) mass is 642 g/mol. The number of phenols is 1. The van der Waals surface area contributed by atoms with Gasteiger partial charge in [-0.2, -0.15) is 0 Å². The SMILES string of the molecule is CC(=O)C1=C(O)C(C(C)C)[C@@]2(C)C[C@@]3(C)Cc4c(-c5ccc(CCC(=O)CCC(C)C)cc5)ccc(O)c4C(=O)C3=C(O)[C@@]2(O)C1=O. The Morgan fingerprint density at radius 1 is 0.936 bits per heavy atom. The number of Topliss-reactive ketones (excluding diaryl/α,β-unsaturated/α-hetero) is 4. The molecule has 3 aliphatic rings. The van der Waals surface area contributed by atoms with Gasteiger partial charge in [-0.05, 0) is 72.8 Å². The Kier molecular flexibility index (Phi) is 8.67. The summed E-state index contributed by atoms with van der Waals surface area (Å²) in [5.74, 6) is -4.61. The number of hydrogen-bond donors (Lipinski definition) is 4. The van der Waals surface area contributed by atoms with E-state index < -0.39 is 56.8 Å². The van der Waals surface area contributed by atoms with E-state index >= 15 is 0 Å². The van der Waals surface area contributed by atoms with Gasteiger partial charge >= 0.3 is 0 Å². The minimum atomic E-state index is -2.64. The Hall–Kier alpha value is -4.04. The zero-order valence-electron chi connectivity index (χ0n) is 28.4. The van der Waals surface area contributed by atoms with Crippen molar-refractivity contribution < 1.29 is 39.6 Å². The van der Waals surface area contributed by atoms with Crippen molar-refractivity contribution in [3.8, 4) is 16.9 Å². The lowest BCUT2D eigenvalue weighted by Crippen LogP contribution is -2.67. The molecule has 250 valence electrons. The first-order chi connectivity index (χ1) is 21.9. The third-order valence-electron chi connectivity index (χ3n) is 10.8. The molecule has 4 atom stereocenters. The molecular formula is C39H46O8. The van der Waals surface area contributed by atoms with Crippen molar-refractivity contribution in [2.45, 2.75) is 92.6 Å². The zero-order chi connectivity index (χ0) is 34.8. The van der Waals surface area contributed by atoms with Crippen LogP contribution in [0.2, 0.25) is 0 Å². The van der Waals surface area contributed by atoms with E-state index in [1.807, 2.05) is 24.3 Å². The Balaban J connectivity index is 1.59. The molecule has 0 saturated heterocycles. The first-order valence-electron chi connectivity index (χ1n) is 16.5. The molecule has 5 rings (SSSR count). The van der Waals surface area contributed by atoms with E-state index in [-0.39, 0.29) is 41.4 Å². The fourth-order valence-corrected chi connectivity index (χ4v) is 8.71. The van der Waals surface area contributed by atoms with Crippen LogP contribution in [0, 0.1) is 28.6 Å². The van der Waals surface area contributed by atoms with Crippen molar-refractivity contribution in [2.24, 2.45) is 28.6 Å². The summed E-state index contributed by atoms with van der Waals surface area (Å²) in [6.07, 6.45) is 2.76. The standard InChI is InChI=1S/C39H46O8/c1-20(2)8-14-25(41)15-11-23-9-12-24(13-10-23)26-16-17-28(42)30-27(26)18-37(6)19-38(7)31(21(3)4)33(43)29(22(5)40)35(45)39(38,47)36(46)32(37)34(30)44/h9-10,12-13,16-17,20-21,31,42-43,46-47H,8,11,14-15,18-19H2,1-7H3/t31?,37-,38-,39+/m1/s1. The van der Waals surface area contributed by atoms with Gasteiger partial charge in [0.1, 0.15) is 28.6 Å². The van der Waals surface area contributed by atoms with Gasteiger partial charge in [0.25, 0.3) is 0 Å². The summed E-state index contributed by atoms with van der Waals surface area (Å²) >= 11 is 0. The highest BCUT2D eigenvalue weighted by Gasteiger charge is 2.71. The molecule has 0 heterocycles. The minimum Gasteiger partial charge on any atom is -0.511 e. The van der Waals surface area contributed by atoms with E-state index in [0.29, 0.717) is 30.7 Å². The molecule has 2 aromatic carbocycles. The normalized spacial score (nSPS) is 27.2. The summed E-state index contributed by atoms with van der Waals surface area (Å²) < 4.78 is 0. The predicted molar refractivity (Wildman–Crippen MR) is 178 cm³/mol. The quantitative estimate of drug-likeness (QED) is 0.215. The summed E-state index contributed by atoms with van der Waals surface area (Å²) in [4.78, 5) is 53.1. The molecule has 0 aliphatic heterocycles. The molecule has 4 N–H and O–H groups in total. The molecule has 1 unspecified atom stereocenters. The highest BCUT2D eigenvalue weighted by Crippen LogP contribution is 2.65. The highest BCUT2D eigenvalue weighted by atomic mass is 16.3. The van der Waals surface area contributed by atoms with E-state index in [0.717, 1.165) is 30.0 Å². The van der Waals surface area contributed by atoms with Crippen LogP contribution in [0.15, 0.2) is 59.1 Å². The minimum absolute atomic E-state index is 0.0117. The van der Waals surface area contributed by atoms with Gasteiger partial charge < -0.3 is 20.4 Å². The van der Waals surface area contributed by atoms with Crippen LogP contribution in [0.3, 0.4) is 0 Å². The lowest BCUT2D eigenvalue weighted by atomic mass is 9.44. The number of phenolic OH excluding ortho intramolecular Hbond substituents is 1. The number of aromatic hydroxyl groups is 1. The van der Waals surface area contributed by atoms with Gasteiger partial charge in [0.05, 0.1) is 5.56 Å². The van der Waals surface area contributed by atoms with Crippen molar-refractivity contribution in [3.63, 3.8) is 0 Å². The number of benzene rings is 2. The Bertz CT molecular complexity index is 1740. The molecule has 0 radical (unpaired) electrons. The molecule has 0 amide bonds. The predicted octanol–water partition coefficient (Wildman–Crippen LogP) is 6.95. The first-order valence-corrected chi connectivity index (χ1v) is 16.5. The number of fused-ring (bicyclic) bond motifs is 3. The Morgan fingerprint density at radius 3 is 2.15 bits per heavy atom. The summed E-state index contributed by atoms with van der Waals surface area (Å²) in [6.45, 7) is 12.3. The van der Waals surface area contributed by atoms with Crippen LogP contribution in [-0.2, 0) is 27.2 Å². The van der Waals surface area contributed by atoms with Gasteiger partial charge in [-0.25, -0.2) is 0 Å². The maximum Gasteiger partial charge on any atom is 0.209 e. The summed E-state index contributed by atoms with van der Waals surface area (Å²) in [6, 6.07) is 10.9. The third kappa shape index (κ3) is 5.25. The molecular weight excluding hydrogens is 596 g/mol. The summed E-state index contributed by atoms with van der Waals surface area (Å²) in [5.41, 5.74) is -2.86. The molecule has 8 nitrogen and oxygen atoms in total. The van der Waals surface area contributed by atoms with Gasteiger partial charge in [0.2, 0.25) is 5.78 Å². The molecule has 3 aliphatic carbocycles. The third-order valence-corrected chi connectivity index (χ3v) is 10.8. The van der Waals surface area contributed by atoms with E-state index in [1.165, 1.54) is 6.07 Å². The number of hydrogen-bond acceptors (Lipinski definition) is 8. The highest BCUT2D eigenvalue weighted by molar-refractivity contribution is 6.25. The molecule has 0 aromatic heterocycles. The van der Waals surface area contributed by atoms with Crippen LogP contribution in [0.1, 0.15) is 95.6 Å². The second-order valence-corrected chi connectivity index (χ2v) is 15.1. The lowest BCUT2D eigenvalue weighted by molar-refractivity contribution is -0.171. The number of carbonyl (C=O) groups is 4. The molecule has 0 spiro atoms. The summed E-state index contributed by atoms with van der Waals surface area (Å²) in [5, 5.41) is 46.4.